The number of carbonyl (C=O) groups excluding carboxylic acids is 2. The molecule has 0 heterocycles. The van der Waals surface area contributed by atoms with Gasteiger partial charge in [0.2, 0.25) is 0 Å². The molecule has 9 nitrogen and oxygen atoms in total. The molecular weight excluding hydrogens is 438 g/mol. The second-order valence-corrected chi connectivity index (χ2v) is 6.74. The maximum atomic E-state index is 12.4. The van der Waals surface area contributed by atoms with Gasteiger partial charge >= 0.3 is 5.97 Å². The standard InChI is InChI=1S/C22H16ClN3O6/c1-31-19-9-4-15(5-10-19)22(28)32-20-11-6-17(23)12-16(20)13-24-25-21(27)14-2-7-18(8-3-14)26(29)30/h2-13H,1H3,(H,25,27)/b24-13+. The topological polar surface area (TPSA) is 120 Å². The van der Waals surface area contributed by atoms with Gasteiger partial charge in [0.25, 0.3) is 11.6 Å². The largest absolute Gasteiger partial charge is 0.497 e. The number of ether oxygens (including phenoxy) is 2. The molecule has 32 heavy (non-hydrogen) atoms. The summed E-state index contributed by atoms with van der Waals surface area (Å²) in [4.78, 5) is 34.7. The first kappa shape index (κ1) is 22.4. The van der Waals surface area contributed by atoms with Gasteiger partial charge in [-0.25, -0.2) is 10.2 Å². The van der Waals surface area contributed by atoms with Crippen molar-refractivity contribution in [3.05, 3.63) is 98.6 Å². The van der Waals surface area contributed by atoms with Crippen LogP contribution in [0.2, 0.25) is 5.02 Å². The van der Waals surface area contributed by atoms with Gasteiger partial charge in [0.1, 0.15) is 11.5 Å². The Labute approximate surface area is 187 Å². The van der Waals surface area contributed by atoms with Gasteiger partial charge in [0.15, 0.2) is 0 Å². The molecule has 0 unspecified atom stereocenters. The maximum absolute atomic E-state index is 12.4. The SMILES string of the molecule is COc1ccc(C(=O)Oc2ccc(Cl)cc2/C=N/NC(=O)c2ccc([N+](=O)[O-])cc2)cc1. The van der Waals surface area contributed by atoms with E-state index in [1.165, 1.54) is 49.7 Å². The number of nitrogens with one attached hydrogen (secondary N) is 1. The van der Waals surface area contributed by atoms with Crippen molar-refractivity contribution in [2.24, 2.45) is 5.10 Å². The van der Waals surface area contributed by atoms with Crippen molar-refractivity contribution in [1.82, 2.24) is 5.43 Å². The number of benzene rings is 3. The number of esters is 1. The molecule has 3 aromatic rings. The number of nitro benzene ring substituents is 1. The number of carbonyl (C=O) groups is 2. The minimum atomic E-state index is -0.598. The average Bonchev–Trinajstić information content (AvgIpc) is 2.80. The number of hydrogen-bond donors (Lipinski definition) is 1. The normalized spacial score (nSPS) is 10.6. The molecule has 0 saturated carbocycles. The summed E-state index contributed by atoms with van der Waals surface area (Å²) in [6, 6.07) is 16.0. The molecule has 0 aliphatic heterocycles. The molecule has 0 aromatic heterocycles. The minimum absolute atomic E-state index is 0.132. The van der Waals surface area contributed by atoms with Crippen LogP contribution in [0.1, 0.15) is 26.3 Å². The van der Waals surface area contributed by atoms with E-state index < -0.39 is 16.8 Å². The van der Waals surface area contributed by atoms with Crippen molar-refractivity contribution in [3.63, 3.8) is 0 Å². The highest BCUT2D eigenvalue weighted by Gasteiger charge is 2.13. The van der Waals surface area contributed by atoms with Crippen LogP contribution < -0.4 is 14.9 Å². The van der Waals surface area contributed by atoms with Gasteiger partial charge in [-0.05, 0) is 54.6 Å². The number of amides is 1. The quantitative estimate of drug-likeness (QED) is 0.188. The van der Waals surface area contributed by atoms with Crippen molar-refractivity contribution in [2.45, 2.75) is 0 Å². The smallest absolute Gasteiger partial charge is 0.343 e. The van der Waals surface area contributed by atoms with E-state index in [0.717, 1.165) is 0 Å². The number of rotatable bonds is 7. The highest BCUT2D eigenvalue weighted by Crippen LogP contribution is 2.23. The first-order valence-corrected chi connectivity index (χ1v) is 9.49. The number of methoxy groups -OCH3 is 1. The van der Waals surface area contributed by atoms with Crippen molar-refractivity contribution in [3.8, 4) is 11.5 Å². The molecule has 0 spiro atoms. The second kappa shape index (κ2) is 10.2. The summed E-state index contributed by atoms with van der Waals surface area (Å²) in [5.74, 6) is -0.386. The number of nitro groups is 1. The Morgan fingerprint density at radius 1 is 1.03 bits per heavy atom. The van der Waals surface area contributed by atoms with Crippen LogP contribution in [0.4, 0.5) is 5.69 Å². The molecule has 3 aromatic carbocycles. The lowest BCUT2D eigenvalue weighted by Crippen LogP contribution is -2.17. The van der Waals surface area contributed by atoms with E-state index in [1.807, 2.05) is 0 Å². The molecule has 162 valence electrons. The van der Waals surface area contributed by atoms with E-state index in [9.17, 15) is 19.7 Å². The van der Waals surface area contributed by atoms with Gasteiger partial charge in [-0.15, -0.1) is 0 Å². The number of non-ortho nitro benzene ring substituents is 1. The van der Waals surface area contributed by atoms with E-state index in [4.69, 9.17) is 21.1 Å². The monoisotopic (exact) mass is 453 g/mol. The molecule has 0 bridgehead atoms. The average molecular weight is 454 g/mol. The Bertz CT molecular complexity index is 1180. The number of hydrogen-bond acceptors (Lipinski definition) is 7. The predicted octanol–water partition coefficient (Wildman–Crippen LogP) is 4.24. The summed E-state index contributed by atoms with van der Waals surface area (Å²) >= 11 is 6.02. The summed E-state index contributed by atoms with van der Waals surface area (Å²) in [5, 5.41) is 14.9. The van der Waals surface area contributed by atoms with Crippen molar-refractivity contribution in [1.29, 1.82) is 0 Å². The van der Waals surface area contributed by atoms with E-state index >= 15 is 0 Å². The number of halogens is 1. The lowest BCUT2D eigenvalue weighted by molar-refractivity contribution is -0.384. The van der Waals surface area contributed by atoms with Crippen LogP contribution in [0.15, 0.2) is 71.8 Å². The van der Waals surface area contributed by atoms with Gasteiger partial charge in [-0.3, -0.25) is 14.9 Å². The molecule has 0 aliphatic rings. The Morgan fingerprint density at radius 2 is 1.69 bits per heavy atom. The van der Waals surface area contributed by atoms with Crippen LogP contribution in [-0.4, -0.2) is 30.1 Å². The summed E-state index contributed by atoms with van der Waals surface area (Å²) in [6.07, 6.45) is 1.27. The molecule has 0 saturated heterocycles. The Hall–Kier alpha value is -4.24. The summed E-state index contributed by atoms with van der Waals surface area (Å²) < 4.78 is 10.5. The first-order valence-electron chi connectivity index (χ1n) is 9.11. The third-order valence-corrected chi connectivity index (χ3v) is 4.45. The fraction of sp³-hybridized carbons (Fsp3) is 0.0455. The summed E-state index contributed by atoms with van der Waals surface area (Å²) in [5.41, 5.74) is 3.02. The highest BCUT2D eigenvalue weighted by atomic mass is 35.5. The summed E-state index contributed by atoms with van der Waals surface area (Å²) in [6.45, 7) is 0. The molecule has 0 atom stereocenters. The summed E-state index contributed by atoms with van der Waals surface area (Å²) in [7, 11) is 1.52. The van der Waals surface area contributed by atoms with Crippen molar-refractivity contribution < 1.29 is 24.0 Å². The Kier molecular flexibility index (Phi) is 7.14. The third kappa shape index (κ3) is 5.67. The van der Waals surface area contributed by atoms with E-state index in [2.05, 4.69) is 10.5 Å². The predicted molar refractivity (Wildman–Crippen MR) is 118 cm³/mol. The van der Waals surface area contributed by atoms with Gasteiger partial charge < -0.3 is 9.47 Å². The molecule has 10 heteroatoms. The fourth-order valence-corrected chi connectivity index (χ4v) is 2.74. The van der Waals surface area contributed by atoms with Crippen molar-refractivity contribution >= 4 is 35.4 Å². The third-order valence-electron chi connectivity index (χ3n) is 4.21. The van der Waals surface area contributed by atoms with Crippen LogP contribution in [0.5, 0.6) is 11.5 Å². The fourth-order valence-electron chi connectivity index (χ4n) is 2.56. The number of nitrogens with zero attached hydrogens (tertiary/aromatic N) is 2. The van der Waals surface area contributed by atoms with Crippen LogP contribution in [0.3, 0.4) is 0 Å². The van der Waals surface area contributed by atoms with Crippen LogP contribution >= 0.6 is 11.6 Å². The lowest BCUT2D eigenvalue weighted by atomic mass is 10.2. The van der Waals surface area contributed by atoms with Crippen molar-refractivity contribution in [2.75, 3.05) is 7.11 Å². The van der Waals surface area contributed by atoms with Crippen LogP contribution in [0, 0.1) is 10.1 Å². The highest BCUT2D eigenvalue weighted by molar-refractivity contribution is 6.31. The second-order valence-electron chi connectivity index (χ2n) is 6.30. The molecular formula is C22H16ClN3O6. The van der Waals surface area contributed by atoms with E-state index in [0.29, 0.717) is 21.9 Å². The Balaban J connectivity index is 1.71. The number of hydrazone groups is 1. The zero-order chi connectivity index (χ0) is 23.1. The van der Waals surface area contributed by atoms with Gasteiger partial charge in [-0.1, -0.05) is 11.6 Å². The maximum Gasteiger partial charge on any atom is 0.343 e. The molecule has 0 radical (unpaired) electrons. The van der Waals surface area contributed by atoms with Gasteiger partial charge in [0, 0.05) is 28.3 Å². The molecule has 3 rings (SSSR count). The van der Waals surface area contributed by atoms with Crippen LogP contribution in [-0.2, 0) is 0 Å². The molecule has 1 N–H and O–H groups in total. The molecule has 1 amide bonds. The molecule has 0 aliphatic carbocycles. The zero-order valence-electron chi connectivity index (χ0n) is 16.7. The Morgan fingerprint density at radius 3 is 2.31 bits per heavy atom. The minimum Gasteiger partial charge on any atom is -0.497 e. The first-order chi connectivity index (χ1) is 15.4. The van der Waals surface area contributed by atoms with E-state index in [-0.39, 0.29) is 17.0 Å². The van der Waals surface area contributed by atoms with Gasteiger partial charge in [-0.2, -0.15) is 5.10 Å². The molecule has 0 fully saturated rings. The zero-order valence-corrected chi connectivity index (χ0v) is 17.4. The van der Waals surface area contributed by atoms with Crippen LogP contribution in [0.25, 0.3) is 0 Å². The van der Waals surface area contributed by atoms with E-state index in [1.54, 1.807) is 30.3 Å². The van der Waals surface area contributed by atoms with Gasteiger partial charge in [0.05, 0.1) is 23.8 Å². The lowest BCUT2D eigenvalue weighted by Gasteiger charge is -2.08.